The maximum atomic E-state index is 12.1. The molecule has 5 nitrogen and oxygen atoms in total. The molecule has 0 rings (SSSR count). The third kappa shape index (κ3) is 8.19. The van der Waals surface area contributed by atoms with E-state index in [0.29, 0.717) is 6.42 Å². The number of carboxylic acids is 1. The molecule has 0 aliphatic carbocycles. The fraction of sp³-hybridized carbons (Fsp3) is 0.867. The van der Waals surface area contributed by atoms with Gasteiger partial charge in [-0.2, -0.15) is 11.8 Å². The number of nitrogens with one attached hydrogen (secondary N) is 1. The number of carbonyl (C=O) groups excluding carboxylic acids is 1. The van der Waals surface area contributed by atoms with Crippen molar-refractivity contribution < 1.29 is 14.7 Å². The third-order valence-electron chi connectivity index (χ3n) is 3.41. The van der Waals surface area contributed by atoms with E-state index in [1.807, 2.05) is 34.0 Å². The molecule has 0 aromatic rings. The van der Waals surface area contributed by atoms with Gasteiger partial charge in [-0.15, -0.1) is 0 Å². The summed E-state index contributed by atoms with van der Waals surface area (Å²) in [5, 5.41) is 12.0. The molecule has 0 aromatic carbocycles. The molecule has 0 bridgehead atoms. The van der Waals surface area contributed by atoms with E-state index in [2.05, 4.69) is 5.32 Å². The highest BCUT2D eigenvalue weighted by atomic mass is 32.2. The first-order chi connectivity index (χ1) is 9.62. The maximum Gasteiger partial charge on any atom is 0.317 e. The summed E-state index contributed by atoms with van der Waals surface area (Å²) in [5.74, 6) is -0.530. The van der Waals surface area contributed by atoms with Gasteiger partial charge in [-0.1, -0.05) is 27.7 Å². The monoisotopic (exact) mass is 318 g/mol. The molecule has 0 aromatic heterocycles. The molecule has 0 saturated heterocycles. The molecule has 0 fully saturated rings. The van der Waals surface area contributed by atoms with Crippen LogP contribution in [-0.4, -0.2) is 53.6 Å². The summed E-state index contributed by atoms with van der Waals surface area (Å²) in [7, 11) is 1.76. The van der Waals surface area contributed by atoms with Crippen LogP contribution in [0.1, 0.15) is 40.5 Å². The molecule has 2 N–H and O–H groups in total. The zero-order chi connectivity index (χ0) is 16.6. The molecule has 6 heteroatoms. The lowest BCUT2D eigenvalue weighted by Crippen LogP contribution is -2.46. The summed E-state index contributed by atoms with van der Waals surface area (Å²) in [4.78, 5) is 25.1. The summed E-state index contributed by atoms with van der Waals surface area (Å²) in [6.45, 7) is 8.23. The lowest BCUT2D eigenvalue weighted by atomic mass is 9.84. The van der Waals surface area contributed by atoms with Gasteiger partial charge in [0.1, 0.15) is 0 Å². The summed E-state index contributed by atoms with van der Waals surface area (Å²) < 4.78 is 0. The Bertz CT molecular complexity index is 342. The van der Waals surface area contributed by atoms with Gasteiger partial charge in [-0.3, -0.25) is 4.79 Å². The van der Waals surface area contributed by atoms with Crippen molar-refractivity contribution in [3.8, 4) is 0 Å². The number of urea groups is 1. The number of amides is 2. The number of rotatable bonds is 8. The largest absolute Gasteiger partial charge is 0.481 e. The van der Waals surface area contributed by atoms with Crippen LogP contribution in [0.5, 0.6) is 0 Å². The second-order valence-electron chi connectivity index (χ2n) is 6.61. The first-order valence-electron chi connectivity index (χ1n) is 7.34. The molecular formula is C15H30N2O3S. The van der Waals surface area contributed by atoms with E-state index in [4.69, 9.17) is 0 Å². The number of hydrogen-bond acceptors (Lipinski definition) is 3. The topological polar surface area (TPSA) is 69.6 Å². The van der Waals surface area contributed by atoms with E-state index in [1.165, 1.54) is 0 Å². The molecule has 21 heavy (non-hydrogen) atoms. The number of nitrogens with zero attached hydrogens (tertiary/aromatic N) is 1. The van der Waals surface area contributed by atoms with Crippen LogP contribution >= 0.6 is 11.8 Å². The van der Waals surface area contributed by atoms with E-state index in [9.17, 15) is 14.7 Å². The Kier molecular flexibility index (Phi) is 8.78. The van der Waals surface area contributed by atoms with E-state index in [-0.39, 0.29) is 24.0 Å². The second kappa shape index (κ2) is 9.18. The van der Waals surface area contributed by atoms with E-state index in [0.717, 1.165) is 12.2 Å². The highest BCUT2D eigenvalue weighted by molar-refractivity contribution is 7.98. The first-order valence-corrected chi connectivity index (χ1v) is 8.74. The molecule has 0 saturated carbocycles. The molecule has 0 aliphatic heterocycles. The number of carbonyl (C=O) groups is 2. The minimum atomic E-state index is -0.857. The molecule has 124 valence electrons. The van der Waals surface area contributed by atoms with Crippen LogP contribution in [0, 0.1) is 11.3 Å². The first kappa shape index (κ1) is 20.1. The molecule has 2 atom stereocenters. The SMILES string of the molecule is CCC(CSC)N(C)C(=O)NCC(CC(C)(C)C)C(=O)O. The molecular weight excluding hydrogens is 288 g/mol. The average molecular weight is 318 g/mol. The van der Waals surface area contributed by atoms with E-state index >= 15 is 0 Å². The van der Waals surface area contributed by atoms with Crippen molar-refractivity contribution in [3.63, 3.8) is 0 Å². The van der Waals surface area contributed by atoms with Crippen LogP contribution in [0.4, 0.5) is 4.79 Å². The minimum absolute atomic E-state index is 0.0789. The van der Waals surface area contributed by atoms with Gasteiger partial charge in [0.2, 0.25) is 0 Å². The van der Waals surface area contributed by atoms with Crippen molar-refractivity contribution in [1.82, 2.24) is 10.2 Å². The lowest BCUT2D eigenvalue weighted by Gasteiger charge is -2.28. The quantitative estimate of drug-likeness (QED) is 0.722. The predicted molar refractivity (Wildman–Crippen MR) is 88.8 cm³/mol. The zero-order valence-electron chi connectivity index (χ0n) is 14.1. The van der Waals surface area contributed by atoms with Gasteiger partial charge in [0.25, 0.3) is 0 Å². The fourth-order valence-corrected chi connectivity index (χ4v) is 3.03. The molecule has 0 aliphatic rings. The second-order valence-corrected chi connectivity index (χ2v) is 7.53. The molecule has 0 heterocycles. The van der Waals surface area contributed by atoms with Crippen molar-refractivity contribution in [2.45, 2.75) is 46.6 Å². The van der Waals surface area contributed by atoms with Gasteiger partial charge in [0.05, 0.1) is 5.92 Å². The zero-order valence-corrected chi connectivity index (χ0v) is 14.9. The Hall–Kier alpha value is -0.910. The number of thioether (sulfide) groups is 1. The Morgan fingerprint density at radius 3 is 2.29 bits per heavy atom. The molecule has 0 radical (unpaired) electrons. The van der Waals surface area contributed by atoms with Crippen LogP contribution in [0.25, 0.3) is 0 Å². The lowest BCUT2D eigenvalue weighted by molar-refractivity contribution is -0.142. The summed E-state index contributed by atoms with van der Waals surface area (Å²) >= 11 is 1.70. The van der Waals surface area contributed by atoms with E-state index in [1.54, 1.807) is 23.7 Å². The van der Waals surface area contributed by atoms with Crippen LogP contribution < -0.4 is 5.32 Å². The standard InChI is InChI=1S/C15H30N2O3S/c1-7-12(10-21-6)17(5)14(20)16-9-11(13(18)19)8-15(2,3)4/h11-12H,7-10H2,1-6H3,(H,16,20)(H,18,19). The Balaban J connectivity index is 4.52. The normalized spacial score (nSPS) is 14.4. The number of carboxylic acid groups (broad SMARTS) is 1. The number of aliphatic carboxylic acids is 1. The maximum absolute atomic E-state index is 12.1. The van der Waals surface area contributed by atoms with Gasteiger partial charge < -0.3 is 15.3 Å². The molecule has 2 amide bonds. The Morgan fingerprint density at radius 2 is 1.90 bits per heavy atom. The van der Waals surface area contributed by atoms with Crippen molar-refractivity contribution in [3.05, 3.63) is 0 Å². The van der Waals surface area contributed by atoms with Crippen molar-refractivity contribution in [1.29, 1.82) is 0 Å². The van der Waals surface area contributed by atoms with Gasteiger partial charge in [0, 0.05) is 25.4 Å². The van der Waals surface area contributed by atoms with Gasteiger partial charge in [-0.05, 0) is 24.5 Å². The molecule has 0 spiro atoms. The Morgan fingerprint density at radius 1 is 1.33 bits per heavy atom. The smallest absolute Gasteiger partial charge is 0.317 e. The van der Waals surface area contributed by atoms with Crippen molar-refractivity contribution >= 4 is 23.8 Å². The van der Waals surface area contributed by atoms with Crippen LogP contribution in [0.15, 0.2) is 0 Å². The highest BCUT2D eigenvalue weighted by Crippen LogP contribution is 2.24. The summed E-state index contributed by atoms with van der Waals surface area (Å²) in [6.07, 6.45) is 3.43. The summed E-state index contributed by atoms with van der Waals surface area (Å²) in [6, 6.07) is -0.0260. The third-order valence-corrected chi connectivity index (χ3v) is 4.12. The van der Waals surface area contributed by atoms with Gasteiger partial charge in [-0.25, -0.2) is 4.79 Å². The van der Waals surface area contributed by atoms with Crippen LogP contribution in [0.3, 0.4) is 0 Å². The predicted octanol–water partition coefficient (Wildman–Crippen LogP) is 2.91. The number of hydrogen-bond donors (Lipinski definition) is 2. The molecule has 2 unspecified atom stereocenters. The van der Waals surface area contributed by atoms with Gasteiger partial charge in [0.15, 0.2) is 0 Å². The van der Waals surface area contributed by atoms with Gasteiger partial charge >= 0.3 is 12.0 Å². The minimum Gasteiger partial charge on any atom is -0.481 e. The fourth-order valence-electron chi connectivity index (χ4n) is 2.18. The average Bonchev–Trinajstić information content (AvgIpc) is 2.38. The van der Waals surface area contributed by atoms with Crippen molar-refractivity contribution in [2.24, 2.45) is 11.3 Å². The summed E-state index contributed by atoms with van der Waals surface area (Å²) in [5.41, 5.74) is -0.0789. The van der Waals surface area contributed by atoms with Crippen molar-refractivity contribution in [2.75, 3.05) is 25.6 Å². The Labute approximate surface area is 132 Å². The van der Waals surface area contributed by atoms with E-state index < -0.39 is 11.9 Å². The van der Waals surface area contributed by atoms with Crippen LogP contribution in [-0.2, 0) is 4.79 Å². The van der Waals surface area contributed by atoms with Crippen LogP contribution in [0.2, 0.25) is 0 Å². The highest BCUT2D eigenvalue weighted by Gasteiger charge is 2.26.